The molecular weight excluding hydrogens is 418 g/mol. The predicted octanol–water partition coefficient (Wildman–Crippen LogP) is 6.74. The lowest BCUT2D eigenvalue weighted by Crippen LogP contribution is -2.12. The molecule has 118 valence electrons. The summed E-state index contributed by atoms with van der Waals surface area (Å²) >= 11 is 26.4. The van der Waals surface area contributed by atoms with Crippen LogP contribution in [0.5, 0.6) is 0 Å². The number of anilines is 1. The van der Waals surface area contributed by atoms with Gasteiger partial charge in [0.15, 0.2) is 5.13 Å². The fourth-order valence-corrected chi connectivity index (χ4v) is 4.49. The minimum atomic E-state index is -0.359. The topological polar surface area (TPSA) is 42.0 Å². The lowest BCUT2D eigenvalue weighted by molar-refractivity contribution is 0.102. The van der Waals surface area contributed by atoms with Crippen molar-refractivity contribution >= 4 is 80.1 Å². The molecule has 0 aliphatic rings. The van der Waals surface area contributed by atoms with Gasteiger partial charge < -0.3 is 0 Å². The summed E-state index contributed by atoms with van der Waals surface area (Å²) in [6.45, 7) is 0. The smallest absolute Gasteiger partial charge is 0.258 e. The summed E-state index contributed by atoms with van der Waals surface area (Å²) in [7, 11) is 0. The van der Waals surface area contributed by atoms with Gasteiger partial charge in [-0.05, 0) is 24.3 Å². The van der Waals surface area contributed by atoms with Gasteiger partial charge in [0.05, 0.1) is 20.6 Å². The molecule has 1 N–H and O–H groups in total. The van der Waals surface area contributed by atoms with Crippen LogP contribution in [0.25, 0.3) is 11.3 Å². The van der Waals surface area contributed by atoms with E-state index in [1.54, 1.807) is 23.6 Å². The van der Waals surface area contributed by atoms with Gasteiger partial charge in [0, 0.05) is 16.0 Å². The van der Waals surface area contributed by atoms with Gasteiger partial charge in [0.25, 0.3) is 5.91 Å². The van der Waals surface area contributed by atoms with Crippen LogP contribution in [0, 0.1) is 0 Å². The Morgan fingerprint density at radius 3 is 2.57 bits per heavy atom. The zero-order valence-corrected chi connectivity index (χ0v) is 15.7. The van der Waals surface area contributed by atoms with Crippen LogP contribution >= 0.6 is 69.1 Å². The van der Waals surface area contributed by atoms with Crippen molar-refractivity contribution in [1.82, 2.24) is 4.98 Å². The summed E-state index contributed by atoms with van der Waals surface area (Å²) < 4.78 is 1.13. The van der Waals surface area contributed by atoms with Crippen LogP contribution in [-0.4, -0.2) is 10.9 Å². The van der Waals surface area contributed by atoms with Gasteiger partial charge in [0.1, 0.15) is 4.34 Å². The van der Waals surface area contributed by atoms with E-state index in [2.05, 4.69) is 10.3 Å². The maximum absolute atomic E-state index is 12.2. The first-order valence-corrected chi connectivity index (χ1v) is 9.32. The van der Waals surface area contributed by atoms with Crippen molar-refractivity contribution in [3.63, 3.8) is 0 Å². The zero-order chi connectivity index (χ0) is 16.6. The summed E-state index contributed by atoms with van der Waals surface area (Å²) in [5.74, 6) is -0.359. The third-order valence-electron chi connectivity index (χ3n) is 2.83. The van der Waals surface area contributed by atoms with Crippen LogP contribution in [0.3, 0.4) is 0 Å². The van der Waals surface area contributed by atoms with Crippen LogP contribution in [0.4, 0.5) is 5.13 Å². The zero-order valence-electron chi connectivity index (χ0n) is 11.1. The first-order valence-electron chi connectivity index (χ1n) is 6.11. The molecule has 0 fully saturated rings. The molecule has 23 heavy (non-hydrogen) atoms. The third kappa shape index (κ3) is 3.82. The average molecular weight is 424 g/mol. The van der Waals surface area contributed by atoms with E-state index in [1.807, 2.05) is 0 Å². The van der Waals surface area contributed by atoms with Crippen molar-refractivity contribution in [2.45, 2.75) is 0 Å². The van der Waals surface area contributed by atoms with E-state index < -0.39 is 0 Å². The molecule has 1 amide bonds. The van der Waals surface area contributed by atoms with E-state index in [9.17, 15) is 4.79 Å². The Hall–Kier alpha value is -0.820. The lowest BCUT2D eigenvalue weighted by Gasteiger charge is -2.04. The lowest BCUT2D eigenvalue weighted by atomic mass is 10.2. The number of carbonyl (C=O) groups is 1. The van der Waals surface area contributed by atoms with Gasteiger partial charge in [-0.1, -0.05) is 46.4 Å². The number of benzene rings is 1. The molecule has 0 unspecified atom stereocenters. The number of thiophene rings is 1. The summed E-state index contributed by atoms with van der Waals surface area (Å²) in [5, 5.41) is 5.68. The molecule has 0 atom stereocenters. The second-order valence-corrected chi connectivity index (χ2v) is 8.34. The second-order valence-electron chi connectivity index (χ2n) is 4.35. The van der Waals surface area contributed by atoms with E-state index in [1.165, 1.54) is 28.7 Å². The van der Waals surface area contributed by atoms with Gasteiger partial charge in [-0.25, -0.2) is 4.98 Å². The van der Waals surface area contributed by atoms with Crippen LogP contribution in [0.2, 0.25) is 18.7 Å². The molecule has 0 saturated carbocycles. The Morgan fingerprint density at radius 1 is 1.13 bits per heavy atom. The number of aromatic nitrogens is 1. The Bertz CT molecular complexity index is 891. The highest BCUT2D eigenvalue weighted by Crippen LogP contribution is 2.39. The number of nitrogens with one attached hydrogen (secondary N) is 1. The summed E-state index contributed by atoms with van der Waals surface area (Å²) in [4.78, 5) is 16.6. The van der Waals surface area contributed by atoms with Crippen LogP contribution in [-0.2, 0) is 0 Å². The summed E-state index contributed by atoms with van der Waals surface area (Å²) in [6.07, 6.45) is 0. The Balaban J connectivity index is 1.81. The molecular formula is C14H6Cl4N2OS2. The number of rotatable bonds is 3. The first kappa shape index (κ1) is 17.0. The molecule has 3 nitrogen and oxygen atoms in total. The number of nitrogens with zero attached hydrogens (tertiary/aromatic N) is 1. The number of amides is 1. The molecule has 0 saturated heterocycles. The van der Waals surface area contributed by atoms with Crippen molar-refractivity contribution in [2.75, 3.05) is 5.32 Å². The molecule has 3 aromatic rings. The Morgan fingerprint density at radius 2 is 1.91 bits per heavy atom. The molecule has 0 bridgehead atoms. The Labute approximate surface area is 159 Å². The highest BCUT2D eigenvalue weighted by molar-refractivity contribution is 7.20. The summed E-state index contributed by atoms with van der Waals surface area (Å²) in [5.41, 5.74) is 1.72. The highest BCUT2D eigenvalue weighted by Gasteiger charge is 2.15. The van der Waals surface area contributed by atoms with Crippen LogP contribution in [0.1, 0.15) is 10.4 Å². The van der Waals surface area contributed by atoms with Gasteiger partial charge in [-0.2, -0.15) is 0 Å². The molecule has 2 aromatic heterocycles. The largest absolute Gasteiger partial charge is 0.298 e. The molecule has 0 spiro atoms. The van der Waals surface area contributed by atoms with Crippen molar-refractivity contribution in [1.29, 1.82) is 0 Å². The number of hydrogen-bond donors (Lipinski definition) is 1. The maximum Gasteiger partial charge on any atom is 0.258 e. The summed E-state index contributed by atoms with van der Waals surface area (Å²) in [6, 6.07) is 6.41. The van der Waals surface area contributed by atoms with E-state index in [-0.39, 0.29) is 10.9 Å². The van der Waals surface area contributed by atoms with Gasteiger partial charge >= 0.3 is 0 Å². The van der Waals surface area contributed by atoms with E-state index in [0.29, 0.717) is 30.1 Å². The number of halogens is 4. The Kier molecular flexibility index (Phi) is 5.16. The molecule has 2 heterocycles. The molecule has 0 aliphatic carbocycles. The monoisotopic (exact) mass is 422 g/mol. The molecule has 3 rings (SSSR count). The van der Waals surface area contributed by atoms with E-state index in [4.69, 9.17) is 46.4 Å². The highest BCUT2D eigenvalue weighted by atomic mass is 35.5. The number of carbonyl (C=O) groups excluding carboxylic acids is 1. The quantitative estimate of drug-likeness (QED) is 0.506. The minimum absolute atomic E-state index is 0.277. The molecule has 0 aliphatic heterocycles. The SMILES string of the molecule is O=C(Nc1nc(-c2cc(Cl)sc2Cl)cs1)c1ccc(Cl)cc1Cl. The van der Waals surface area contributed by atoms with Gasteiger partial charge in [-0.15, -0.1) is 22.7 Å². The first-order chi connectivity index (χ1) is 10.9. The third-order valence-corrected chi connectivity index (χ3v) is 5.63. The number of hydrogen-bond acceptors (Lipinski definition) is 4. The minimum Gasteiger partial charge on any atom is -0.298 e. The van der Waals surface area contributed by atoms with Crippen molar-refractivity contribution in [3.8, 4) is 11.3 Å². The standard InChI is InChI=1S/C14H6Cl4N2OS2/c15-6-1-2-7(9(16)3-6)13(21)20-14-19-10(5-22-14)8-4-11(17)23-12(8)18/h1-5H,(H,19,20,21). The van der Waals surface area contributed by atoms with Gasteiger partial charge in [-0.3, -0.25) is 10.1 Å². The predicted molar refractivity (Wildman–Crippen MR) is 99.9 cm³/mol. The normalized spacial score (nSPS) is 10.8. The van der Waals surface area contributed by atoms with Crippen molar-refractivity contribution in [2.24, 2.45) is 0 Å². The van der Waals surface area contributed by atoms with Crippen LogP contribution < -0.4 is 5.32 Å². The van der Waals surface area contributed by atoms with E-state index >= 15 is 0 Å². The van der Waals surface area contributed by atoms with Crippen molar-refractivity contribution in [3.05, 3.63) is 53.9 Å². The molecule has 0 radical (unpaired) electrons. The van der Waals surface area contributed by atoms with Crippen molar-refractivity contribution < 1.29 is 4.79 Å². The fraction of sp³-hybridized carbons (Fsp3) is 0. The van der Waals surface area contributed by atoms with Gasteiger partial charge in [0.2, 0.25) is 0 Å². The average Bonchev–Trinajstić information content (AvgIpc) is 3.05. The number of thiazole rings is 1. The van der Waals surface area contributed by atoms with Crippen LogP contribution in [0.15, 0.2) is 29.6 Å². The van der Waals surface area contributed by atoms with E-state index in [0.717, 1.165) is 5.56 Å². The second kappa shape index (κ2) is 6.97. The molecule has 9 heteroatoms. The molecule has 1 aromatic carbocycles. The fourth-order valence-electron chi connectivity index (χ4n) is 1.81. The maximum atomic E-state index is 12.2.